The second-order valence-electron chi connectivity index (χ2n) is 6.67. The third kappa shape index (κ3) is 5.52. The van der Waals surface area contributed by atoms with Gasteiger partial charge in [-0.2, -0.15) is 5.10 Å². The topological polar surface area (TPSA) is 118 Å². The molecule has 9 heteroatoms. The van der Waals surface area contributed by atoms with Crippen molar-refractivity contribution in [1.29, 1.82) is 0 Å². The van der Waals surface area contributed by atoms with Crippen LogP contribution in [-0.2, 0) is 4.79 Å². The minimum Gasteiger partial charge on any atom is -0.369 e. The molecule has 0 radical (unpaired) electrons. The summed E-state index contributed by atoms with van der Waals surface area (Å²) in [6.07, 6.45) is 5.74. The molecule has 1 aromatic carbocycles. The lowest BCUT2D eigenvalue weighted by atomic mass is 9.97. The van der Waals surface area contributed by atoms with E-state index in [1.165, 1.54) is 6.33 Å². The Kier molecular flexibility index (Phi) is 6.37. The lowest BCUT2D eigenvalue weighted by Gasteiger charge is -2.31. The maximum atomic E-state index is 12.1. The zero-order valence-corrected chi connectivity index (χ0v) is 15.2. The van der Waals surface area contributed by atoms with Crippen LogP contribution in [0.25, 0.3) is 5.69 Å². The largest absolute Gasteiger partial charge is 0.369 e. The van der Waals surface area contributed by atoms with Gasteiger partial charge in [0, 0.05) is 18.8 Å². The van der Waals surface area contributed by atoms with Gasteiger partial charge in [0.1, 0.15) is 12.7 Å². The highest BCUT2D eigenvalue weighted by Crippen LogP contribution is 2.16. The molecule has 1 fully saturated rings. The van der Waals surface area contributed by atoms with Gasteiger partial charge >= 0.3 is 6.03 Å². The van der Waals surface area contributed by atoms with Crippen LogP contribution in [0.4, 0.5) is 10.5 Å². The highest BCUT2D eigenvalue weighted by Gasteiger charge is 2.23. The van der Waals surface area contributed by atoms with E-state index in [1.807, 2.05) is 24.3 Å². The number of amides is 3. The third-order valence-electron chi connectivity index (χ3n) is 4.63. The smallest absolute Gasteiger partial charge is 0.319 e. The quantitative estimate of drug-likeness (QED) is 0.627. The number of carbonyl (C=O) groups excluding carboxylic acids is 2. The van der Waals surface area contributed by atoms with Gasteiger partial charge < -0.3 is 21.3 Å². The molecule has 1 aliphatic heterocycles. The molecule has 0 saturated carbocycles. The fourth-order valence-corrected chi connectivity index (χ4v) is 3.24. The standard InChI is InChI=1S/C18H25N7O2/c19-17(26)14-4-2-8-24(11-14)9-3-7-21-18(27)23-15-5-1-6-16(10-15)25-13-20-12-22-25/h1,5-6,10,12-14H,2-4,7-9,11H2,(H2,19,26)(H2,21,23,27). The van der Waals surface area contributed by atoms with E-state index < -0.39 is 0 Å². The molecule has 1 aliphatic rings. The predicted molar refractivity (Wildman–Crippen MR) is 101 cm³/mol. The number of benzene rings is 1. The van der Waals surface area contributed by atoms with E-state index in [2.05, 4.69) is 25.6 Å². The van der Waals surface area contributed by atoms with Gasteiger partial charge in [0.25, 0.3) is 0 Å². The van der Waals surface area contributed by atoms with Crippen molar-refractivity contribution in [3.8, 4) is 5.69 Å². The van der Waals surface area contributed by atoms with Gasteiger partial charge in [0.05, 0.1) is 11.6 Å². The fraction of sp³-hybridized carbons (Fsp3) is 0.444. The zero-order valence-electron chi connectivity index (χ0n) is 15.2. The number of nitrogens with zero attached hydrogens (tertiary/aromatic N) is 4. The zero-order chi connectivity index (χ0) is 19.1. The Hall–Kier alpha value is -2.94. The minimum absolute atomic E-state index is 0.0488. The van der Waals surface area contributed by atoms with Crippen LogP contribution in [0.1, 0.15) is 19.3 Å². The number of aromatic nitrogens is 3. The van der Waals surface area contributed by atoms with Crippen LogP contribution in [0.2, 0.25) is 0 Å². The van der Waals surface area contributed by atoms with E-state index in [9.17, 15) is 9.59 Å². The maximum Gasteiger partial charge on any atom is 0.319 e. The van der Waals surface area contributed by atoms with E-state index in [4.69, 9.17) is 5.73 Å². The number of likely N-dealkylation sites (tertiary alicyclic amines) is 1. The molecule has 0 bridgehead atoms. The first-order valence-electron chi connectivity index (χ1n) is 9.13. The molecular weight excluding hydrogens is 346 g/mol. The molecule has 1 saturated heterocycles. The molecule has 1 atom stereocenters. The predicted octanol–water partition coefficient (Wildman–Crippen LogP) is 0.976. The van der Waals surface area contributed by atoms with Crippen molar-refractivity contribution in [2.45, 2.75) is 19.3 Å². The number of primary amides is 1. The SMILES string of the molecule is NC(=O)C1CCCN(CCCNC(=O)Nc2cccc(-n3cncn3)c2)C1. The summed E-state index contributed by atoms with van der Waals surface area (Å²) in [7, 11) is 0. The van der Waals surface area contributed by atoms with E-state index >= 15 is 0 Å². The van der Waals surface area contributed by atoms with Crippen LogP contribution < -0.4 is 16.4 Å². The van der Waals surface area contributed by atoms with Crippen molar-refractivity contribution in [3.63, 3.8) is 0 Å². The van der Waals surface area contributed by atoms with Gasteiger partial charge in [-0.15, -0.1) is 0 Å². The first-order chi connectivity index (χ1) is 13.1. The van der Waals surface area contributed by atoms with Crippen molar-refractivity contribution in [3.05, 3.63) is 36.9 Å². The highest BCUT2D eigenvalue weighted by atomic mass is 16.2. The van der Waals surface area contributed by atoms with Crippen molar-refractivity contribution >= 4 is 17.6 Å². The van der Waals surface area contributed by atoms with Gasteiger partial charge in [-0.1, -0.05) is 6.07 Å². The van der Waals surface area contributed by atoms with Gasteiger partial charge in [0.15, 0.2) is 0 Å². The Balaban J connectivity index is 1.39. The second-order valence-corrected chi connectivity index (χ2v) is 6.67. The van der Waals surface area contributed by atoms with E-state index in [-0.39, 0.29) is 17.9 Å². The number of nitrogens with two attached hydrogens (primary N) is 1. The maximum absolute atomic E-state index is 12.1. The van der Waals surface area contributed by atoms with Crippen molar-refractivity contribution in [2.24, 2.45) is 11.7 Å². The Bertz CT molecular complexity index is 763. The molecule has 1 aromatic heterocycles. The second kappa shape index (κ2) is 9.13. The molecule has 144 valence electrons. The van der Waals surface area contributed by atoms with E-state index in [1.54, 1.807) is 11.0 Å². The summed E-state index contributed by atoms with van der Waals surface area (Å²) in [4.78, 5) is 29.5. The summed E-state index contributed by atoms with van der Waals surface area (Å²) >= 11 is 0. The number of piperidine rings is 1. The number of carbonyl (C=O) groups is 2. The molecule has 2 aromatic rings. The summed E-state index contributed by atoms with van der Waals surface area (Å²) in [5.74, 6) is -0.266. The molecular formula is C18H25N7O2. The molecule has 1 unspecified atom stereocenters. The molecule has 2 heterocycles. The van der Waals surface area contributed by atoms with Gasteiger partial charge in [-0.3, -0.25) is 4.79 Å². The van der Waals surface area contributed by atoms with Crippen molar-refractivity contribution in [1.82, 2.24) is 25.0 Å². The number of hydrogen-bond donors (Lipinski definition) is 3. The average Bonchev–Trinajstić information content (AvgIpc) is 3.20. The van der Waals surface area contributed by atoms with Crippen LogP contribution in [0.3, 0.4) is 0 Å². The van der Waals surface area contributed by atoms with E-state index in [0.717, 1.165) is 44.6 Å². The Morgan fingerprint density at radius 1 is 1.33 bits per heavy atom. The lowest BCUT2D eigenvalue weighted by molar-refractivity contribution is -0.123. The molecule has 4 N–H and O–H groups in total. The third-order valence-corrected chi connectivity index (χ3v) is 4.63. The fourth-order valence-electron chi connectivity index (χ4n) is 3.24. The van der Waals surface area contributed by atoms with Crippen LogP contribution >= 0.6 is 0 Å². The first-order valence-corrected chi connectivity index (χ1v) is 9.13. The normalized spacial score (nSPS) is 17.4. The van der Waals surface area contributed by atoms with Gasteiger partial charge in [0.2, 0.25) is 5.91 Å². The number of nitrogens with one attached hydrogen (secondary N) is 2. The minimum atomic E-state index is -0.251. The Morgan fingerprint density at radius 3 is 3.00 bits per heavy atom. The van der Waals surface area contributed by atoms with Crippen LogP contribution in [0.15, 0.2) is 36.9 Å². The molecule has 3 amide bonds. The number of hydrogen-bond acceptors (Lipinski definition) is 5. The summed E-state index contributed by atoms with van der Waals surface area (Å²) < 4.78 is 1.63. The lowest BCUT2D eigenvalue weighted by Crippen LogP contribution is -2.42. The summed E-state index contributed by atoms with van der Waals surface area (Å²) in [5.41, 5.74) is 6.90. The van der Waals surface area contributed by atoms with Crippen molar-refractivity contribution in [2.75, 3.05) is 31.5 Å². The monoisotopic (exact) mass is 371 g/mol. The molecule has 27 heavy (non-hydrogen) atoms. The first kappa shape index (κ1) is 18.8. The Labute approximate surface area is 157 Å². The van der Waals surface area contributed by atoms with Crippen LogP contribution in [0.5, 0.6) is 0 Å². The molecule has 0 aliphatic carbocycles. The molecule has 3 rings (SSSR count). The summed E-state index contributed by atoms with van der Waals surface area (Å²) in [5, 5.41) is 9.75. The number of rotatable bonds is 7. The average molecular weight is 371 g/mol. The number of anilines is 1. The highest BCUT2D eigenvalue weighted by molar-refractivity contribution is 5.89. The van der Waals surface area contributed by atoms with Crippen LogP contribution in [0, 0.1) is 5.92 Å². The van der Waals surface area contributed by atoms with Gasteiger partial charge in [-0.25, -0.2) is 14.5 Å². The summed E-state index contributed by atoms with van der Waals surface area (Å²) in [6.45, 7) is 3.10. The van der Waals surface area contributed by atoms with Gasteiger partial charge in [-0.05, 0) is 50.6 Å². The Morgan fingerprint density at radius 2 is 2.22 bits per heavy atom. The molecule has 9 nitrogen and oxygen atoms in total. The van der Waals surface area contributed by atoms with Crippen LogP contribution in [-0.4, -0.2) is 57.8 Å². The number of urea groups is 1. The summed E-state index contributed by atoms with van der Waals surface area (Å²) in [6, 6.07) is 7.12. The van der Waals surface area contributed by atoms with E-state index in [0.29, 0.717) is 12.2 Å². The molecule has 0 spiro atoms. The van der Waals surface area contributed by atoms with Crippen molar-refractivity contribution < 1.29 is 9.59 Å².